The van der Waals surface area contributed by atoms with Gasteiger partial charge in [-0.1, -0.05) is 6.07 Å². The van der Waals surface area contributed by atoms with Gasteiger partial charge in [0.2, 0.25) is 0 Å². The van der Waals surface area contributed by atoms with Crippen molar-refractivity contribution < 1.29 is 0 Å². The second-order valence-electron chi connectivity index (χ2n) is 4.35. The molecule has 0 unspecified atom stereocenters. The molecule has 0 saturated carbocycles. The summed E-state index contributed by atoms with van der Waals surface area (Å²) in [4.78, 5) is 12.6. The Morgan fingerprint density at radius 2 is 2.15 bits per heavy atom. The average molecular weight is 264 g/mol. The van der Waals surface area contributed by atoms with Crippen molar-refractivity contribution in [2.45, 2.75) is 13.5 Å². The maximum atomic E-state index is 8.95. The molecule has 3 heterocycles. The second kappa shape index (κ2) is 4.97. The highest BCUT2D eigenvalue weighted by Gasteiger charge is 2.06. The number of anilines is 1. The summed E-state index contributed by atoms with van der Waals surface area (Å²) < 4.78 is 2.03. The van der Waals surface area contributed by atoms with E-state index in [9.17, 15) is 0 Å². The number of hydrogen-bond acceptors (Lipinski definition) is 5. The topological polar surface area (TPSA) is 78.9 Å². The summed E-state index contributed by atoms with van der Waals surface area (Å²) in [5, 5.41) is 12.0. The van der Waals surface area contributed by atoms with Crippen LogP contribution < -0.4 is 5.32 Å². The zero-order valence-electron chi connectivity index (χ0n) is 10.9. The molecule has 0 aromatic carbocycles. The summed E-state index contributed by atoms with van der Waals surface area (Å²) in [6.45, 7) is 2.52. The maximum absolute atomic E-state index is 8.95. The fraction of sp³-hybridized carbons (Fsp3) is 0.143. The molecule has 3 aromatic rings. The fourth-order valence-corrected chi connectivity index (χ4v) is 2.01. The van der Waals surface area contributed by atoms with Gasteiger partial charge >= 0.3 is 0 Å². The zero-order valence-corrected chi connectivity index (χ0v) is 10.9. The molecule has 0 amide bonds. The minimum Gasteiger partial charge on any atom is -0.362 e. The number of aryl methyl sites for hydroxylation is 1. The van der Waals surface area contributed by atoms with Crippen LogP contribution in [0.15, 0.2) is 36.8 Å². The standard InChI is InChI=1S/C14H12N6/c1-10-3-2-4-13-19-11(9-20(10)13)8-18-14-12(7-15)16-5-6-17-14/h2-6,9H,8H2,1H3,(H,17,18). The van der Waals surface area contributed by atoms with Gasteiger partial charge in [-0.2, -0.15) is 5.26 Å². The quantitative estimate of drug-likeness (QED) is 0.781. The van der Waals surface area contributed by atoms with Crippen molar-refractivity contribution in [1.82, 2.24) is 19.4 Å². The van der Waals surface area contributed by atoms with Gasteiger partial charge in [-0.3, -0.25) is 0 Å². The summed E-state index contributed by atoms with van der Waals surface area (Å²) in [6, 6.07) is 7.97. The van der Waals surface area contributed by atoms with E-state index in [2.05, 4.69) is 20.3 Å². The molecule has 1 N–H and O–H groups in total. The highest BCUT2D eigenvalue weighted by Crippen LogP contribution is 2.11. The smallest absolute Gasteiger partial charge is 0.182 e. The number of aromatic nitrogens is 4. The van der Waals surface area contributed by atoms with Crippen LogP contribution in [-0.4, -0.2) is 19.4 Å². The van der Waals surface area contributed by atoms with Crippen LogP contribution in [0.25, 0.3) is 5.65 Å². The molecule has 0 aliphatic heterocycles. The molecule has 6 nitrogen and oxygen atoms in total. The average Bonchev–Trinajstić information content (AvgIpc) is 2.90. The van der Waals surface area contributed by atoms with E-state index in [-0.39, 0.29) is 5.69 Å². The number of hydrogen-bond donors (Lipinski definition) is 1. The van der Waals surface area contributed by atoms with E-state index in [1.54, 1.807) is 6.20 Å². The van der Waals surface area contributed by atoms with E-state index >= 15 is 0 Å². The maximum Gasteiger partial charge on any atom is 0.182 e. The van der Waals surface area contributed by atoms with Crippen LogP contribution in [0, 0.1) is 18.3 Å². The van der Waals surface area contributed by atoms with Gasteiger partial charge in [-0.15, -0.1) is 0 Å². The number of fused-ring (bicyclic) bond motifs is 1. The number of rotatable bonds is 3. The number of nitrogens with one attached hydrogen (secondary N) is 1. The van der Waals surface area contributed by atoms with Crippen molar-refractivity contribution in [3.8, 4) is 6.07 Å². The Hall–Kier alpha value is -2.94. The Bertz CT molecular complexity index is 799. The molecule has 20 heavy (non-hydrogen) atoms. The number of pyridine rings is 1. The Labute approximate surface area is 115 Å². The lowest BCUT2D eigenvalue weighted by Crippen LogP contribution is -2.04. The highest BCUT2D eigenvalue weighted by atomic mass is 15.1. The van der Waals surface area contributed by atoms with Gasteiger partial charge in [0, 0.05) is 24.3 Å². The van der Waals surface area contributed by atoms with Crippen LogP contribution in [0.1, 0.15) is 17.1 Å². The van der Waals surface area contributed by atoms with Crippen molar-refractivity contribution in [3.63, 3.8) is 0 Å². The van der Waals surface area contributed by atoms with Gasteiger partial charge in [0.05, 0.1) is 12.2 Å². The van der Waals surface area contributed by atoms with Crippen LogP contribution in [-0.2, 0) is 6.54 Å². The Kier molecular flexibility index (Phi) is 3.01. The zero-order chi connectivity index (χ0) is 13.9. The predicted octanol–water partition coefficient (Wildman–Crippen LogP) is 1.92. The first-order chi connectivity index (χ1) is 9.78. The molecule has 0 fully saturated rings. The van der Waals surface area contributed by atoms with E-state index < -0.39 is 0 Å². The van der Waals surface area contributed by atoms with Crippen LogP contribution in [0.5, 0.6) is 0 Å². The van der Waals surface area contributed by atoms with E-state index in [0.717, 1.165) is 17.0 Å². The monoisotopic (exact) mass is 264 g/mol. The molecule has 3 aromatic heterocycles. The highest BCUT2D eigenvalue weighted by molar-refractivity contribution is 5.47. The van der Waals surface area contributed by atoms with Crippen LogP contribution in [0.2, 0.25) is 0 Å². The summed E-state index contributed by atoms with van der Waals surface area (Å²) in [7, 11) is 0. The Morgan fingerprint density at radius 3 is 2.95 bits per heavy atom. The predicted molar refractivity (Wildman–Crippen MR) is 74.0 cm³/mol. The molecule has 0 aliphatic carbocycles. The molecule has 0 spiro atoms. The van der Waals surface area contributed by atoms with Crippen molar-refractivity contribution in [2.24, 2.45) is 0 Å². The van der Waals surface area contributed by atoms with Gasteiger partial charge in [-0.05, 0) is 19.1 Å². The van der Waals surface area contributed by atoms with E-state index in [1.807, 2.05) is 41.8 Å². The molecule has 0 aliphatic rings. The third kappa shape index (κ3) is 2.17. The number of nitrogens with zero attached hydrogens (tertiary/aromatic N) is 5. The first kappa shape index (κ1) is 12.1. The summed E-state index contributed by atoms with van der Waals surface area (Å²) in [6.07, 6.45) is 5.02. The molecule has 6 heteroatoms. The van der Waals surface area contributed by atoms with Crippen molar-refractivity contribution in [2.75, 3.05) is 5.32 Å². The Morgan fingerprint density at radius 1 is 1.30 bits per heavy atom. The third-order valence-corrected chi connectivity index (χ3v) is 2.99. The largest absolute Gasteiger partial charge is 0.362 e. The summed E-state index contributed by atoms with van der Waals surface area (Å²) in [5.41, 5.74) is 3.20. The van der Waals surface area contributed by atoms with Gasteiger partial charge in [0.1, 0.15) is 11.7 Å². The SMILES string of the molecule is Cc1cccc2nc(CNc3nccnc3C#N)cn12. The van der Waals surface area contributed by atoms with E-state index in [1.165, 1.54) is 6.20 Å². The van der Waals surface area contributed by atoms with Gasteiger partial charge in [-0.25, -0.2) is 15.0 Å². The molecular weight excluding hydrogens is 252 g/mol. The van der Waals surface area contributed by atoms with Crippen molar-refractivity contribution >= 4 is 11.5 Å². The van der Waals surface area contributed by atoms with E-state index in [4.69, 9.17) is 5.26 Å². The number of nitriles is 1. The van der Waals surface area contributed by atoms with Gasteiger partial charge in [0.25, 0.3) is 0 Å². The fourth-order valence-electron chi connectivity index (χ4n) is 2.01. The third-order valence-electron chi connectivity index (χ3n) is 2.99. The van der Waals surface area contributed by atoms with Crippen molar-refractivity contribution in [1.29, 1.82) is 5.26 Å². The van der Waals surface area contributed by atoms with E-state index in [0.29, 0.717) is 12.4 Å². The van der Waals surface area contributed by atoms with Crippen LogP contribution in [0.4, 0.5) is 5.82 Å². The minimum absolute atomic E-state index is 0.285. The molecule has 0 saturated heterocycles. The molecule has 3 rings (SSSR count). The van der Waals surface area contributed by atoms with Gasteiger partial charge in [0.15, 0.2) is 11.5 Å². The Balaban J connectivity index is 1.84. The lowest BCUT2D eigenvalue weighted by Gasteiger charge is -2.03. The lowest BCUT2D eigenvalue weighted by molar-refractivity contribution is 1.03. The molecule has 0 radical (unpaired) electrons. The lowest BCUT2D eigenvalue weighted by atomic mass is 10.4. The summed E-state index contributed by atoms with van der Waals surface area (Å²) in [5.74, 6) is 0.476. The number of imidazole rings is 1. The first-order valence-corrected chi connectivity index (χ1v) is 6.16. The minimum atomic E-state index is 0.285. The molecular formula is C14H12N6. The second-order valence-corrected chi connectivity index (χ2v) is 4.35. The normalized spacial score (nSPS) is 10.4. The molecule has 0 bridgehead atoms. The van der Waals surface area contributed by atoms with Gasteiger partial charge < -0.3 is 9.72 Å². The van der Waals surface area contributed by atoms with Crippen LogP contribution >= 0.6 is 0 Å². The molecule has 98 valence electrons. The van der Waals surface area contributed by atoms with Crippen LogP contribution in [0.3, 0.4) is 0 Å². The summed E-state index contributed by atoms with van der Waals surface area (Å²) >= 11 is 0. The first-order valence-electron chi connectivity index (χ1n) is 6.16. The molecule has 0 atom stereocenters. The van der Waals surface area contributed by atoms with Crippen molar-refractivity contribution in [3.05, 3.63) is 53.9 Å².